The Morgan fingerprint density at radius 1 is 1.05 bits per heavy atom. The zero-order chi connectivity index (χ0) is 14.7. The van der Waals surface area contributed by atoms with E-state index in [9.17, 15) is 4.79 Å². The molecule has 1 aliphatic carbocycles. The second kappa shape index (κ2) is 5.72. The van der Waals surface area contributed by atoms with Gasteiger partial charge in [0.05, 0.1) is 5.41 Å². The van der Waals surface area contributed by atoms with Crippen molar-refractivity contribution in [2.75, 3.05) is 6.54 Å². The molecule has 0 radical (unpaired) electrons. The predicted octanol–water partition coefficient (Wildman–Crippen LogP) is 3.64. The molecule has 0 heterocycles. The molecule has 1 unspecified atom stereocenters. The van der Waals surface area contributed by atoms with Gasteiger partial charge in [0.15, 0.2) is 0 Å². The highest BCUT2D eigenvalue weighted by Crippen LogP contribution is 2.48. The molecule has 1 aliphatic rings. The van der Waals surface area contributed by atoms with Crippen LogP contribution >= 0.6 is 0 Å². The van der Waals surface area contributed by atoms with Gasteiger partial charge in [0, 0.05) is 6.54 Å². The Morgan fingerprint density at radius 3 is 2.19 bits per heavy atom. The highest BCUT2D eigenvalue weighted by Gasteiger charge is 2.50. The lowest BCUT2D eigenvalue weighted by Gasteiger charge is -2.18. The molecule has 3 rings (SSSR count). The minimum absolute atomic E-state index is 0.177. The molecule has 1 saturated carbocycles. The molecule has 0 aliphatic heterocycles. The van der Waals surface area contributed by atoms with Crippen LogP contribution in [0.15, 0.2) is 60.7 Å². The van der Waals surface area contributed by atoms with Crippen molar-refractivity contribution in [2.45, 2.75) is 31.1 Å². The third-order valence-electron chi connectivity index (χ3n) is 4.45. The SMILES string of the molecule is CC(CNC(=O)C1(c2ccccc2)CC1)c1ccccc1. The van der Waals surface area contributed by atoms with E-state index in [4.69, 9.17) is 0 Å². The molecule has 2 aromatic carbocycles. The maximum atomic E-state index is 12.6. The molecule has 0 saturated heterocycles. The smallest absolute Gasteiger partial charge is 0.230 e. The van der Waals surface area contributed by atoms with Crippen molar-refractivity contribution in [3.05, 3.63) is 71.8 Å². The van der Waals surface area contributed by atoms with Gasteiger partial charge >= 0.3 is 0 Å². The van der Waals surface area contributed by atoms with Gasteiger partial charge in [-0.2, -0.15) is 0 Å². The van der Waals surface area contributed by atoms with Gasteiger partial charge in [-0.1, -0.05) is 67.6 Å². The molecular formula is C19H21NO. The summed E-state index contributed by atoms with van der Waals surface area (Å²) >= 11 is 0. The summed E-state index contributed by atoms with van der Waals surface area (Å²) in [6.07, 6.45) is 1.92. The first-order valence-corrected chi connectivity index (χ1v) is 7.61. The van der Waals surface area contributed by atoms with E-state index in [1.807, 2.05) is 36.4 Å². The number of nitrogens with one attached hydrogen (secondary N) is 1. The maximum absolute atomic E-state index is 12.6. The van der Waals surface area contributed by atoms with Crippen molar-refractivity contribution in [3.8, 4) is 0 Å². The van der Waals surface area contributed by atoms with Crippen molar-refractivity contribution in [1.29, 1.82) is 0 Å². The van der Waals surface area contributed by atoms with E-state index in [0.29, 0.717) is 12.5 Å². The van der Waals surface area contributed by atoms with Gasteiger partial charge in [0.25, 0.3) is 0 Å². The summed E-state index contributed by atoms with van der Waals surface area (Å²) < 4.78 is 0. The summed E-state index contributed by atoms with van der Waals surface area (Å²) in [6, 6.07) is 20.5. The molecular weight excluding hydrogens is 258 g/mol. The molecule has 0 spiro atoms. The highest BCUT2D eigenvalue weighted by molar-refractivity contribution is 5.91. The molecule has 2 heteroatoms. The number of rotatable bonds is 5. The summed E-state index contributed by atoms with van der Waals surface area (Å²) in [7, 11) is 0. The Hall–Kier alpha value is -2.09. The standard InChI is InChI=1S/C19H21NO/c1-15(16-8-4-2-5-9-16)14-20-18(21)19(12-13-19)17-10-6-3-7-11-17/h2-11,15H,12-14H2,1H3,(H,20,21). The topological polar surface area (TPSA) is 29.1 Å². The van der Waals surface area contributed by atoms with E-state index >= 15 is 0 Å². The summed E-state index contributed by atoms with van der Waals surface area (Å²) in [5.74, 6) is 0.512. The Morgan fingerprint density at radius 2 is 1.62 bits per heavy atom. The number of carbonyl (C=O) groups excluding carboxylic acids is 1. The van der Waals surface area contributed by atoms with Crippen LogP contribution < -0.4 is 5.32 Å². The van der Waals surface area contributed by atoms with Crippen LogP contribution in [0, 0.1) is 0 Å². The molecule has 21 heavy (non-hydrogen) atoms. The molecule has 2 nitrogen and oxygen atoms in total. The largest absolute Gasteiger partial charge is 0.355 e. The van der Waals surface area contributed by atoms with Crippen LogP contribution in [0.1, 0.15) is 36.8 Å². The van der Waals surface area contributed by atoms with Gasteiger partial charge in [-0.15, -0.1) is 0 Å². The normalized spacial score (nSPS) is 17.0. The highest BCUT2D eigenvalue weighted by atomic mass is 16.2. The lowest BCUT2D eigenvalue weighted by Crippen LogP contribution is -2.36. The third kappa shape index (κ3) is 2.85. The molecule has 1 N–H and O–H groups in total. The van der Waals surface area contributed by atoms with E-state index in [-0.39, 0.29) is 11.3 Å². The minimum Gasteiger partial charge on any atom is -0.355 e. The number of carbonyl (C=O) groups is 1. The van der Waals surface area contributed by atoms with Gasteiger partial charge in [-0.3, -0.25) is 4.79 Å². The lowest BCUT2D eigenvalue weighted by atomic mass is 9.94. The average molecular weight is 279 g/mol. The predicted molar refractivity (Wildman–Crippen MR) is 85.2 cm³/mol. The van der Waals surface area contributed by atoms with Gasteiger partial charge in [-0.05, 0) is 29.9 Å². The van der Waals surface area contributed by atoms with Crippen molar-refractivity contribution in [1.82, 2.24) is 5.32 Å². The maximum Gasteiger partial charge on any atom is 0.230 e. The van der Waals surface area contributed by atoms with Crippen LogP contribution in [0.25, 0.3) is 0 Å². The molecule has 0 bridgehead atoms. The quantitative estimate of drug-likeness (QED) is 0.889. The molecule has 1 fully saturated rings. The monoisotopic (exact) mass is 279 g/mol. The summed E-state index contributed by atoms with van der Waals surface area (Å²) in [4.78, 5) is 12.6. The number of benzene rings is 2. The van der Waals surface area contributed by atoms with Crippen molar-refractivity contribution in [3.63, 3.8) is 0 Å². The third-order valence-corrected chi connectivity index (χ3v) is 4.45. The fraction of sp³-hybridized carbons (Fsp3) is 0.316. The molecule has 1 atom stereocenters. The lowest BCUT2D eigenvalue weighted by molar-refractivity contribution is -0.123. The van der Waals surface area contributed by atoms with E-state index < -0.39 is 0 Å². The first kappa shape index (κ1) is 13.9. The van der Waals surface area contributed by atoms with E-state index in [0.717, 1.165) is 18.4 Å². The van der Waals surface area contributed by atoms with Crippen molar-refractivity contribution in [2.24, 2.45) is 0 Å². The Bertz CT molecular complexity index is 602. The number of hydrogen-bond acceptors (Lipinski definition) is 1. The average Bonchev–Trinajstić information content (AvgIpc) is 3.36. The second-order valence-corrected chi connectivity index (χ2v) is 5.97. The fourth-order valence-corrected chi connectivity index (χ4v) is 2.84. The van der Waals surface area contributed by atoms with Gasteiger partial charge in [0.1, 0.15) is 0 Å². The van der Waals surface area contributed by atoms with Crippen molar-refractivity contribution < 1.29 is 4.79 Å². The number of amides is 1. The fourth-order valence-electron chi connectivity index (χ4n) is 2.84. The van der Waals surface area contributed by atoms with Crippen LogP contribution in [0.3, 0.4) is 0 Å². The molecule has 2 aromatic rings. The second-order valence-electron chi connectivity index (χ2n) is 5.97. The first-order chi connectivity index (χ1) is 10.2. The van der Waals surface area contributed by atoms with Gasteiger partial charge in [0.2, 0.25) is 5.91 Å². The zero-order valence-electron chi connectivity index (χ0n) is 12.4. The van der Waals surface area contributed by atoms with E-state index in [1.54, 1.807) is 0 Å². The zero-order valence-corrected chi connectivity index (χ0v) is 12.4. The van der Waals surface area contributed by atoms with Gasteiger partial charge in [-0.25, -0.2) is 0 Å². The Balaban J connectivity index is 1.63. The van der Waals surface area contributed by atoms with E-state index in [1.165, 1.54) is 5.56 Å². The summed E-state index contributed by atoms with van der Waals surface area (Å²) in [6.45, 7) is 2.84. The Kier molecular flexibility index (Phi) is 3.78. The number of hydrogen-bond donors (Lipinski definition) is 1. The molecule has 1 amide bonds. The van der Waals surface area contributed by atoms with E-state index in [2.05, 4.69) is 36.5 Å². The summed E-state index contributed by atoms with van der Waals surface area (Å²) in [5.41, 5.74) is 2.15. The van der Waals surface area contributed by atoms with Crippen LogP contribution in [0.2, 0.25) is 0 Å². The van der Waals surface area contributed by atoms with Crippen LogP contribution in [0.4, 0.5) is 0 Å². The molecule has 108 valence electrons. The van der Waals surface area contributed by atoms with Crippen LogP contribution in [-0.2, 0) is 10.2 Å². The van der Waals surface area contributed by atoms with Crippen LogP contribution in [0.5, 0.6) is 0 Å². The minimum atomic E-state index is -0.266. The Labute approximate surface area is 126 Å². The first-order valence-electron chi connectivity index (χ1n) is 7.61. The van der Waals surface area contributed by atoms with Gasteiger partial charge < -0.3 is 5.32 Å². The summed E-state index contributed by atoms with van der Waals surface area (Å²) in [5, 5.41) is 3.14. The molecule has 0 aromatic heterocycles. The van der Waals surface area contributed by atoms with Crippen LogP contribution in [-0.4, -0.2) is 12.5 Å². The van der Waals surface area contributed by atoms with Crippen molar-refractivity contribution >= 4 is 5.91 Å².